The zero-order valence-corrected chi connectivity index (χ0v) is 9.90. The zero-order chi connectivity index (χ0) is 13.1. The van der Waals surface area contributed by atoms with E-state index in [0.29, 0.717) is 12.8 Å². The lowest BCUT2D eigenvalue weighted by Crippen LogP contribution is -2.45. The van der Waals surface area contributed by atoms with Crippen molar-refractivity contribution >= 4 is 5.91 Å². The third-order valence-electron chi connectivity index (χ3n) is 3.26. The van der Waals surface area contributed by atoms with Crippen LogP contribution in [0.15, 0.2) is 18.2 Å². The Morgan fingerprint density at radius 2 is 2.06 bits per heavy atom. The van der Waals surface area contributed by atoms with Crippen LogP contribution in [0.25, 0.3) is 0 Å². The van der Waals surface area contributed by atoms with Crippen LogP contribution in [0.1, 0.15) is 36.0 Å². The lowest BCUT2D eigenvalue weighted by Gasteiger charge is -2.28. The first-order valence-corrected chi connectivity index (χ1v) is 6.06. The maximum Gasteiger partial charge on any atom is 0.258 e. The summed E-state index contributed by atoms with van der Waals surface area (Å²) in [5, 5.41) is 21.8. The predicted molar refractivity (Wildman–Crippen MR) is 63.8 cm³/mol. The maximum atomic E-state index is 13.5. The Hall–Kier alpha value is -1.62. The number of phenols is 1. The van der Waals surface area contributed by atoms with Crippen molar-refractivity contribution in [1.29, 1.82) is 0 Å². The molecule has 0 saturated heterocycles. The van der Waals surface area contributed by atoms with Crippen molar-refractivity contribution in [2.45, 2.75) is 37.8 Å². The second-order valence-corrected chi connectivity index (χ2v) is 4.57. The van der Waals surface area contributed by atoms with E-state index in [1.165, 1.54) is 12.1 Å². The van der Waals surface area contributed by atoms with Gasteiger partial charge >= 0.3 is 0 Å². The van der Waals surface area contributed by atoms with E-state index in [9.17, 15) is 19.4 Å². The Balaban J connectivity index is 2.12. The molecule has 0 aliphatic heterocycles. The Morgan fingerprint density at radius 3 is 2.72 bits per heavy atom. The molecular weight excluding hydrogens is 237 g/mol. The second kappa shape index (κ2) is 5.35. The highest BCUT2D eigenvalue weighted by Gasteiger charge is 2.26. The lowest BCUT2D eigenvalue weighted by atomic mass is 9.92. The van der Waals surface area contributed by atoms with E-state index in [0.717, 1.165) is 18.9 Å². The molecule has 2 atom stereocenters. The number of benzene rings is 1. The molecule has 0 heterocycles. The number of halogens is 1. The normalized spacial score (nSPS) is 23.7. The zero-order valence-electron chi connectivity index (χ0n) is 9.90. The number of aliphatic hydroxyl groups is 1. The molecule has 0 radical (unpaired) electrons. The van der Waals surface area contributed by atoms with Crippen molar-refractivity contribution in [2.24, 2.45) is 0 Å². The van der Waals surface area contributed by atoms with Gasteiger partial charge in [-0.3, -0.25) is 4.79 Å². The van der Waals surface area contributed by atoms with Gasteiger partial charge in [-0.1, -0.05) is 18.9 Å². The summed E-state index contributed by atoms with van der Waals surface area (Å²) in [4.78, 5) is 11.9. The van der Waals surface area contributed by atoms with Crippen LogP contribution >= 0.6 is 0 Å². The van der Waals surface area contributed by atoms with Gasteiger partial charge in [0.05, 0.1) is 12.1 Å². The maximum absolute atomic E-state index is 13.5. The average Bonchev–Trinajstić information content (AvgIpc) is 2.32. The van der Waals surface area contributed by atoms with E-state index < -0.39 is 23.6 Å². The van der Waals surface area contributed by atoms with Gasteiger partial charge < -0.3 is 15.5 Å². The average molecular weight is 253 g/mol. The monoisotopic (exact) mass is 253 g/mol. The van der Waals surface area contributed by atoms with Crippen LogP contribution in [0.5, 0.6) is 5.75 Å². The second-order valence-electron chi connectivity index (χ2n) is 4.57. The van der Waals surface area contributed by atoms with Gasteiger partial charge in [0.1, 0.15) is 17.1 Å². The van der Waals surface area contributed by atoms with Gasteiger partial charge in [0.25, 0.3) is 5.91 Å². The molecule has 98 valence electrons. The Bertz CT molecular complexity index is 430. The molecule has 0 aromatic heterocycles. The van der Waals surface area contributed by atoms with E-state index in [4.69, 9.17) is 0 Å². The number of aromatic hydroxyl groups is 1. The van der Waals surface area contributed by atoms with Gasteiger partial charge in [0, 0.05) is 0 Å². The van der Waals surface area contributed by atoms with Gasteiger partial charge in [0.2, 0.25) is 0 Å². The summed E-state index contributed by atoms with van der Waals surface area (Å²) < 4.78 is 13.5. The summed E-state index contributed by atoms with van der Waals surface area (Å²) in [5.41, 5.74) is -0.365. The molecule has 1 aliphatic carbocycles. The minimum atomic E-state index is -0.766. The molecule has 1 saturated carbocycles. The first kappa shape index (κ1) is 12.8. The van der Waals surface area contributed by atoms with Gasteiger partial charge in [-0.15, -0.1) is 0 Å². The Kier molecular flexibility index (Phi) is 3.81. The largest absolute Gasteiger partial charge is 0.507 e. The molecule has 3 N–H and O–H groups in total. The van der Waals surface area contributed by atoms with Crippen molar-refractivity contribution in [1.82, 2.24) is 5.32 Å². The molecule has 2 rings (SSSR count). The highest BCUT2D eigenvalue weighted by molar-refractivity contribution is 5.97. The summed E-state index contributed by atoms with van der Waals surface area (Å²) in [7, 11) is 0. The fourth-order valence-corrected chi connectivity index (χ4v) is 2.26. The van der Waals surface area contributed by atoms with Crippen LogP contribution in [0.3, 0.4) is 0 Å². The van der Waals surface area contributed by atoms with E-state index in [2.05, 4.69) is 5.32 Å². The van der Waals surface area contributed by atoms with Crippen molar-refractivity contribution < 1.29 is 19.4 Å². The molecule has 1 amide bonds. The van der Waals surface area contributed by atoms with Crippen LogP contribution in [0, 0.1) is 5.82 Å². The summed E-state index contributed by atoms with van der Waals surface area (Å²) in [6.45, 7) is 0. The molecule has 1 aromatic carbocycles. The van der Waals surface area contributed by atoms with Gasteiger partial charge in [0.15, 0.2) is 0 Å². The summed E-state index contributed by atoms with van der Waals surface area (Å²) in [6, 6.07) is 3.34. The molecule has 5 heteroatoms. The Labute approximate surface area is 104 Å². The quantitative estimate of drug-likeness (QED) is 0.749. The molecule has 18 heavy (non-hydrogen) atoms. The minimum Gasteiger partial charge on any atom is -0.507 e. The Morgan fingerprint density at radius 1 is 1.33 bits per heavy atom. The topological polar surface area (TPSA) is 69.6 Å². The smallest absolute Gasteiger partial charge is 0.258 e. The number of amides is 1. The SMILES string of the molecule is O=C(N[C@H]1CCCC[C@@H]1O)c1c(O)cccc1F. The van der Waals surface area contributed by atoms with Crippen LogP contribution in [-0.4, -0.2) is 28.3 Å². The van der Waals surface area contributed by atoms with Crippen molar-refractivity contribution in [2.75, 3.05) is 0 Å². The molecule has 0 unspecified atom stereocenters. The minimum absolute atomic E-state index is 0.365. The number of carbonyl (C=O) groups is 1. The van der Waals surface area contributed by atoms with Crippen LogP contribution < -0.4 is 5.32 Å². The summed E-state index contributed by atoms with van der Waals surface area (Å²) >= 11 is 0. The van der Waals surface area contributed by atoms with Crippen molar-refractivity contribution in [3.63, 3.8) is 0 Å². The summed E-state index contributed by atoms with van der Waals surface area (Å²) in [5.74, 6) is -1.84. The van der Waals surface area contributed by atoms with Crippen molar-refractivity contribution in [3.05, 3.63) is 29.6 Å². The third kappa shape index (κ3) is 2.61. The number of nitrogens with one attached hydrogen (secondary N) is 1. The number of hydrogen-bond donors (Lipinski definition) is 3. The number of hydrogen-bond acceptors (Lipinski definition) is 3. The number of carbonyl (C=O) groups excluding carboxylic acids is 1. The number of phenolic OH excluding ortho intramolecular Hbond substituents is 1. The van der Waals surface area contributed by atoms with Crippen LogP contribution in [0.2, 0.25) is 0 Å². The van der Waals surface area contributed by atoms with E-state index in [1.54, 1.807) is 0 Å². The molecule has 0 bridgehead atoms. The third-order valence-corrected chi connectivity index (χ3v) is 3.26. The van der Waals surface area contributed by atoms with Gasteiger partial charge in [-0.05, 0) is 25.0 Å². The highest BCUT2D eigenvalue weighted by atomic mass is 19.1. The molecule has 4 nitrogen and oxygen atoms in total. The van der Waals surface area contributed by atoms with Gasteiger partial charge in [-0.2, -0.15) is 0 Å². The highest BCUT2D eigenvalue weighted by Crippen LogP contribution is 2.22. The number of aliphatic hydroxyl groups excluding tert-OH is 1. The van der Waals surface area contributed by atoms with E-state index in [1.807, 2.05) is 0 Å². The van der Waals surface area contributed by atoms with Gasteiger partial charge in [-0.25, -0.2) is 4.39 Å². The first-order chi connectivity index (χ1) is 8.59. The molecule has 0 spiro atoms. The fourth-order valence-electron chi connectivity index (χ4n) is 2.26. The van der Waals surface area contributed by atoms with E-state index in [-0.39, 0.29) is 11.6 Å². The number of rotatable bonds is 2. The molecular formula is C13H16FNO3. The van der Waals surface area contributed by atoms with Crippen LogP contribution in [0.4, 0.5) is 4.39 Å². The standard InChI is InChI=1S/C13H16FNO3/c14-8-4-3-7-11(17)12(8)13(18)15-9-5-1-2-6-10(9)16/h3-4,7,9-10,16-17H,1-2,5-6H2,(H,15,18)/t9-,10-/m0/s1. The molecule has 1 aromatic rings. The lowest BCUT2D eigenvalue weighted by molar-refractivity contribution is 0.0712. The first-order valence-electron chi connectivity index (χ1n) is 6.06. The summed E-state index contributed by atoms with van der Waals surface area (Å²) in [6.07, 6.45) is 2.55. The van der Waals surface area contributed by atoms with E-state index >= 15 is 0 Å². The van der Waals surface area contributed by atoms with Crippen LogP contribution in [-0.2, 0) is 0 Å². The molecule has 1 aliphatic rings. The fraction of sp³-hybridized carbons (Fsp3) is 0.462. The van der Waals surface area contributed by atoms with Crippen molar-refractivity contribution in [3.8, 4) is 5.75 Å². The molecule has 1 fully saturated rings. The predicted octanol–water partition coefficient (Wildman–Crippen LogP) is 1.56.